The van der Waals surface area contributed by atoms with Crippen LogP contribution in [0.1, 0.15) is 104 Å². The summed E-state index contributed by atoms with van der Waals surface area (Å²) in [6, 6.07) is -0.746. The van der Waals surface area contributed by atoms with Crippen LogP contribution in [0, 0.1) is 0 Å². The zero-order valence-corrected chi connectivity index (χ0v) is 23.5. The first-order valence-corrected chi connectivity index (χ1v) is 14.9. The molecule has 9 heteroatoms. The summed E-state index contributed by atoms with van der Waals surface area (Å²) in [6.45, 7) is 4.49. The lowest BCUT2D eigenvalue weighted by molar-refractivity contribution is -0.870. The van der Waals surface area contributed by atoms with Crippen molar-refractivity contribution in [2.75, 3.05) is 40.9 Å². The first kappa shape index (κ1) is 33.5. The SMILES string of the molecule is CCCCCCCCCCCCCC(O)C(COP(=O)(O)OCC[N+](C)(C)C)NC(=O)CCC. The Hall–Kier alpha value is -0.500. The molecule has 3 atom stereocenters. The van der Waals surface area contributed by atoms with E-state index in [0.717, 1.165) is 19.3 Å². The lowest BCUT2D eigenvalue weighted by Gasteiger charge is -2.26. The molecule has 1 amide bonds. The number of carbonyl (C=O) groups excluding carboxylic acids is 1. The molecule has 0 spiro atoms. The Morgan fingerprint density at radius 2 is 1.41 bits per heavy atom. The summed E-state index contributed by atoms with van der Waals surface area (Å²) in [5.74, 6) is -0.201. The van der Waals surface area contributed by atoms with Crippen LogP contribution in [0.4, 0.5) is 0 Å². The Morgan fingerprint density at radius 1 is 0.882 bits per heavy atom. The predicted molar refractivity (Wildman–Crippen MR) is 139 cm³/mol. The number of nitrogens with zero attached hydrogens (tertiary/aromatic N) is 1. The van der Waals surface area contributed by atoms with E-state index < -0.39 is 20.0 Å². The van der Waals surface area contributed by atoms with Gasteiger partial charge in [0.05, 0.1) is 39.9 Å². The van der Waals surface area contributed by atoms with Gasteiger partial charge in [0.25, 0.3) is 0 Å². The van der Waals surface area contributed by atoms with E-state index in [4.69, 9.17) is 9.05 Å². The fourth-order valence-electron chi connectivity index (χ4n) is 3.62. The topological polar surface area (TPSA) is 105 Å². The van der Waals surface area contributed by atoms with Gasteiger partial charge in [-0.3, -0.25) is 13.8 Å². The maximum absolute atomic E-state index is 12.2. The van der Waals surface area contributed by atoms with Gasteiger partial charge < -0.3 is 19.8 Å². The average Bonchev–Trinajstić information content (AvgIpc) is 2.74. The molecule has 3 N–H and O–H groups in total. The van der Waals surface area contributed by atoms with Gasteiger partial charge in [-0.2, -0.15) is 0 Å². The molecule has 3 unspecified atom stereocenters. The second-order valence-electron chi connectivity index (χ2n) is 10.4. The number of unbranched alkanes of at least 4 members (excludes halogenated alkanes) is 10. The van der Waals surface area contributed by atoms with E-state index in [9.17, 15) is 19.4 Å². The smallest absolute Gasteiger partial charge is 0.391 e. The van der Waals surface area contributed by atoms with Crippen LogP contribution in [-0.4, -0.2) is 73.4 Å². The number of nitrogens with one attached hydrogen (secondary N) is 1. The monoisotopic (exact) mass is 509 g/mol. The van der Waals surface area contributed by atoms with Gasteiger partial charge in [0.2, 0.25) is 5.91 Å². The van der Waals surface area contributed by atoms with Crippen LogP contribution in [0.5, 0.6) is 0 Å². The molecule has 0 radical (unpaired) electrons. The molecule has 0 fully saturated rings. The standard InChI is InChI=1S/C25H53N2O6P/c1-6-8-9-10-11-12-13-14-15-16-17-19-24(28)23(26-25(29)18-7-2)22-33-34(30,31)32-21-20-27(3,4)5/h23-24,28H,6-22H2,1-5H3,(H-,26,29,30,31)/p+1. The lowest BCUT2D eigenvalue weighted by Crippen LogP contribution is -2.46. The molecule has 8 nitrogen and oxygen atoms in total. The maximum atomic E-state index is 12.2. The summed E-state index contributed by atoms with van der Waals surface area (Å²) >= 11 is 0. The molecule has 0 saturated heterocycles. The van der Waals surface area contributed by atoms with Gasteiger partial charge in [-0.1, -0.05) is 84.5 Å². The molecule has 204 valence electrons. The van der Waals surface area contributed by atoms with Crippen LogP contribution in [0.2, 0.25) is 0 Å². The van der Waals surface area contributed by atoms with Crippen LogP contribution >= 0.6 is 7.82 Å². The number of phosphoric acid groups is 1. The number of amides is 1. The highest BCUT2D eigenvalue weighted by atomic mass is 31.2. The molecule has 0 aromatic carbocycles. The molecule has 0 aliphatic carbocycles. The quantitative estimate of drug-likeness (QED) is 0.0997. The second kappa shape index (κ2) is 19.7. The third kappa shape index (κ3) is 20.8. The number of phosphoric ester groups is 1. The fraction of sp³-hybridized carbons (Fsp3) is 0.960. The summed E-state index contributed by atoms with van der Waals surface area (Å²) in [4.78, 5) is 22.0. The summed E-state index contributed by atoms with van der Waals surface area (Å²) in [6.07, 6.45) is 14.1. The summed E-state index contributed by atoms with van der Waals surface area (Å²) in [7, 11) is 1.61. The van der Waals surface area contributed by atoms with Crippen molar-refractivity contribution in [3.8, 4) is 0 Å². The van der Waals surface area contributed by atoms with Crippen LogP contribution in [0.25, 0.3) is 0 Å². The van der Waals surface area contributed by atoms with Crippen molar-refractivity contribution in [2.45, 2.75) is 116 Å². The predicted octanol–water partition coefficient (Wildman–Crippen LogP) is 5.17. The maximum Gasteiger partial charge on any atom is 0.472 e. The van der Waals surface area contributed by atoms with E-state index in [1.54, 1.807) is 0 Å². The minimum Gasteiger partial charge on any atom is -0.391 e. The van der Waals surface area contributed by atoms with Gasteiger partial charge in [-0.25, -0.2) is 4.57 Å². The summed E-state index contributed by atoms with van der Waals surface area (Å²) in [5, 5.41) is 13.4. The van der Waals surface area contributed by atoms with Crippen molar-refractivity contribution < 1.29 is 32.9 Å². The Kier molecular flexibility index (Phi) is 19.4. The largest absolute Gasteiger partial charge is 0.472 e. The Balaban J connectivity index is 4.33. The van der Waals surface area contributed by atoms with Gasteiger partial charge in [0.15, 0.2) is 0 Å². The highest BCUT2D eigenvalue weighted by Crippen LogP contribution is 2.43. The molecule has 0 aliphatic rings. The zero-order chi connectivity index (χ0) is 25.9. The van der Waals surface area contributed by atoms with Crippen molar-refractivity contribution in [3.05, 3.63) is 0 Å². The minimum absolute atomic E-state index is 0.0748. The molecule has 0 saturated carbocycles. The van der Waals surface area contributed by atoms with Crippen LogP contribution in [0.3, 0.4) is 0 Å². The lowest BCUT2D eigenvalue weighted by atomic mass is 10.0. The van der Waals surface area contributed by atoms with Gasteiger partial charge in [-0.05, 0) is 12.8 Å². The van der Waals surface area contributed by atoms with E-state index in [1.807, 2.05) is 28.1 Å². The van der Waals surface area contributed by atoms with Gasteiger partial charge in [0.1, 0.15) is 13.2 Å². The van der Waals surface area contributed by atoms with Gasteiger partial charge in [-0.15, -0.1) is 0 Å². The minimum atomic E-state index is -4.26. The Morgan fingerprint density at radius 3 is 1.91 bits per heavy atom. The highest BCUT2D eigenvalue weighted by molar-refractivity contribution is 7.47. The first-order valence-electron chi connectivity index (χ1n) is 13.4. The summed E-state index contributed by atoms with van der Waals surface area (Å²) < 4.78 is 23.0. The number of likely N-dealkylation sites (N-methyl/N-ethyl adjacent to an activating group) is 1. The third-order valence-corrected chi connectivity index (χ3v) is 6.81. The van der Waals surface area contributed by atoms with Crippen LogP contribution in [-0.2, 0) is 18.4 Å². The number of aliphatic hydroxyl groups excluding tert-OH is 1. The molecule has 0 bridgehead atoms. The molecule has 0 rings (SSSR count). The van der Waals surface area contributed by atoms with Crippen molar-refractivity contribution in [2.24, 2.45) is 0 Å². The zero-order valence-electron chi connectivity index (χ0n) is 22.6. The van der Waals surface area contributed by atoms with Crippen molar-refractivity contribution >= 4 is 13.7 Å². The first-order chi connectivity index (χ1) is 16.0. The van der Waals surface area contributed by atoms with E-state index in [-0.39, 0.29) is 19.1 Å². The van der Waals surface area contributed by atoms with E-state index in [0.29, 0.717) is 30.3 Å². The number of aliphatic hydroxyl groups is 1. The molecule has 0 heterocycles. The Bertz CT molecular complexity index is 556. The van der Waals surface area contributed by atoms with Gasteiger partial charge in [0, 0.05) is 6.42 Å². The van der Waals surface area contributed by atoms with Crippen molar-refractivity contribution in [3.63, 3.8) is 0 Å². The summed E-state index contributed by atoms with van der Waals surface area (Å²) in [5.41, 5.74) is 0. The molecule has 0 aromatic rings. The van der Waals surface area contributed by atoms with E-state index >= 15 is 0 Å². The van der Waals surface area contributed by atoms with Crippen LogP contribution in [0.15, 0.2) is 0 Å². The molecular weight excluding hydrogens is 455 g/mol. The number of quaternary nitrogens is 1. The number of rotatable bonds is 23. The molecule has 0 aliphatic heterocycles. The average molecular weight is 510 g/mol. The Labute approximate surface area is 209 Å². The van der Waals surface area contributed by atoms with Gasteiger partial charge >= 0.3 is 7.82 Å². The number of hydrogen-bond acceptors (Lipinski definition) is 5. The third-order valence-electron chi connectivity index (χ3n) is 5.83. The van der Waals surface area contributed by atoms with Crippen molar-refractivity contribution in [1.82, 2.24) is 5.32 Å². The number of carbonyl (C=O) groups is 1. The number of hydrogen-bond donors (Lipinski definition) is 3. The molecule has 0 aromatic heterocycles. The van der Waals surface area contributed by atoms with E-state index in [2.05, 4.69) is 12.2 Å². The van der Waals surface area contributed by atoms with Crippen LogP contribution < -0.4 is 5.32 Å². The normalized spacial score (nSPS) is 15.6. The molecular formula is C25H54N2O6P+. The fourth-order valence-corrected chi connectivity index (χ4v) is 4.35. The highest BCUT2D eigenvalue weighted by Gasteiger charge is 2.28. The van der Waals surface area contributed by atoms with E-state index in [1.165, 1.54) is 51.4 Å². The second-order valence-corrected chi connectivity index (χ2v) is 11.9. The van der Waals surface area contributed by atoms with Crippen molar-refractivity contribution in [1.29, 1.82) is 0 Å². The molecule has 34 heavy (non-hydrogen) atoms.